The Morgan fingerprint density at radius 3 is 2.27 bits per heavy atom. The zero-order chi connectivity index (χ0) is 8.27. The van der Waals surface area contributed by atoms with Gasteiger partial charge in [0.25, 0.3) is 0 Å². The Morgan fingerprint density at radius 1 is 1.36 bits per heavy atom. The van der Waals surface area contributed by atoms with E-state index in [1.165, 1.54) is 0 Å². The first-order valence-electron chi connectivity index (χ1n) is 3.04. The molecule has 0 aliphatic rings. The maximum atomic E-state index is 10.3. The van der Waals surface area contributed by atoms with Gasteiger partial charge in [-0.1, -0.05) is 0 Å². The third-order valence-corrected chi connectivity index (χ3v) is 2.04. The van der Waals surface area contributed by atoms with Crippen LogP contribution in [0.4, 0.5) is 5.69 Å². The van der Waals surface area contributed by atoms with Gasteiger partial charge < -0.3 is 10.4 Å². The third kappa shape index (κ3) is 2.11. The first-order chi connectivity index (χ1) is 5.24. The minimum atomic E-state index is -0.149. The third-order valence-electron chi connectivity index (χ3n) is 1.29. The van der Waals surface area contributed by atoms with Crippen molar-refractivity contribution in [3.05, 3.63) is 29.5 Å². The van der Waals surface area contributed by atoms with Gasteiger partial charge >= 0.3 is 0 Å². The van der Waals surface area contributed by atoms with Crippen molar-refractivity contribution in [2.45, 2.75) is 4.90 Å². The van der Waals surface area contributed by atoms with E-state index in [9.17, 15) is 5.21 Å². The molecule has 0 aliphatic carbocycles. The highest BCUT2D eigenvalue weighted by atomic mass is 32.2. The Labute approximate surface area is 69.2 Å². The molecule has 0 aromatic heterocycles. The van der Waals surface area contributed by atoms with E-state index in [4.69, 9.17) is 5.21 Å². The van der Waals surface area contributed by atoms with Crippen LogP contribution < -0.4 is 5.23 Å². The lowest BCUT2D eigenvalue weighted by Gasteiger charge is -2.21. The van der Waals surface area contributed by atoms with E-state index >= 15 is 0 Å². The van der Waals surface area contributed by atoms with Crippen molar-refractivity contribution in [1.82, 2.24) is 0 Å². The van der Waals surface area contributed by atoms with Crippen molar-refractivity contribution in [1.29, 1.82) is 0 Å². The second kappa shape index (κ2) is 3.61. The first-order valence-corrected chi connectivity index (χ1v) is 4.26. The molecule has 0 spiro atoms. The van der Waals surface area contributed by atoms with Crippen LogP contribution in [0.5, 0.6) is 0 Å². The minimum Gasteiger partial charge on any atom is -0.733 e. The number of nitrogens with zero attached hydrogens (tertiary/aromatic N) is 1. The average molecular weight is 170 g/mol. The highest BCUT2D eigenvalue weighted by Gasteiger charge is 1.91. The van der Waals surface area contributed by atoms with E-state index in [1.807, 2.05) is 6.26 Å². The highest BCUT2D eigenvalue weighted by Crippen LogP contribution is 2.18. The summed E-state index contributed by atoms with van der Waals surface area (Å²) in [5.41, 5.74) is 0.253. The van der Waals surface area contributed by atoms with Crippen LogP contribution in [0.15, 0.2) is 29.2 Å². The molecule has 0 aliphatic heterocycles. The van der Waals surface area contributed by atoms with Crippen molar-refractivity contribution in [3.63, 3.8) is 0 Å². The Balaban J connectivity index is 2.83. The molecule has 0 unspecified atom stereocenters. The number of hydrogen-bond donors (Lipinski definition) is 1. The van der Waals surface area contributed by atoms with E-state index in [1.54, 1.807) is 36.0 Å². The fraction of sp³-hybridized carbons (Fsp3) is 0.143. The van der Waals surface area contributed by atoms with Crippen LogP contribution in [0, 0.1) is 5.21 Å². The summed E-state index contributed by atoms with van der Waals surface area (Å²) < 4.78 is 0. The van der Waals surface area contributed by atoms with Crippen molar-refractivity contribution in [2.24, 2.45) is 0 Å². The van der Waals surface area contributed by atoms with Gasteiger partial charge in [-0.15, -0.1) is 11.8 Å². The van der Waals surface area contributed by atoms with E-state index < -0.39 is 0 Å². The topological polar surface area (TPSA) is 46.5 Å². The summed E-state index contributed by atoms with van der Waals surface area (Å²) in [5.74, 6) is 0. The number of rotatable bonds is 2. The molecule has 4 heteroatoms. The Hall–Kier alpha value is -0.710. The Kier molecular flexibility index (Phi) is 2.76. The molecule has 3 nitrogen and oxygen atoms in total. The van der Waals surface area contributed by atoms with Crippen molar-refractivity contribution in [3.8, 4) is 0 Å². The fourth-order valence-electron chi connectivity index (χ4n) is 0.710. The summed E-state index contributed by atoms with van der Waals surface area (Å²) in [5, 5.41) is 18.6. The van der Waals surface area contributed by atoms with Gasteiger partial charge in [0, 0.05) is 4.90 Å². The van der Waals surface area contributed by atoms with Gasteiger partial charge in [0.15, 0.2) is 0 Å². The molecule has 0 heterocycles. The van der Waals surface area contributed by atoms with Gasteiger partial charge in [-0.25, -0.2) is 0 Å². The molecule has 11 heavy (non-hydrogen) atoms. The molecule has 0 fully saturated rings. The van der Waals surface area contributed by atoms with E-state index in [-0.39, 0.29) is 10.9 Å². The fourth-order valence-corrected chi connectivity index (χ4v) is 1.12. The Morgan fingerprint density at radius 2 is 1.91 bits per heavy atom. The largest absolute Gasteiger partial charge is 0.733 e. The molecule has 0 atom stereocenters. The lowest BCUT2D eigenvalue weighted by atomic mass is 10.3. The molecule has 0 radical (unpaired) electrons. The van der Waals surface area contributed by atoms with Crippen molar-refractivity contribution < 1.29 is 5.21 Å². The van der Waals surface area contributed by atoms with Crippen LogP contribution in [0.2, 0.25) is 0 Å². The van der Waals surface area contributed by atoms with Crippen LogP contribution in [0.1, 0.15) is 0 Å². The van der Waals surface area contributed by atoms with Gasteiger partial charge in [-0.05, 0) is 30.5 Å². The number of anilines is 1. The summed E-state index contributed by atoms with van der Waals surface area (Å²) in [7, 11) is 0. The maximum Gasteiger partial charge on any atom is 0.0509 e. The molecule has 1 N–H and O–H groups in total. The molecule has 1 aromatic rings. The molecule has 0 bridgehead atoms. The van der Waals surface area contributed by atoms with Crippen LogP contribution in [-0.2, 0) is 0 Å². The lowest BCUT2D eigenvalue weighted by molar-refractivity contribution is 0.296. The first kappa shape index (κ1) is 8.39. The molecular weight excluding hydrogens is 162 g/mol. The van der Waals surface area contributed by atoms with Crippen LogP contribution in [-0.4, -0.2) is 11.5 Å². The van der Waals surface area contributed by atoms with Crippen molar-refractivity contribution >= 4 is 17.4 Å². The molecule has 1 rings (SSSR count). The van der Waals surface area contributed by atoms with E-state index in [0.29, 0.717) is 0 Å². The summed E-state index contributed by atoms with van der Waals surface area (Å²) in [6, 6.07) is 6.69. The maximum absolute atomic E-state index is 10.3. The van der Waals surface area contributed by atoms with Gasteiger partial charge in [0.2, 0.25) is 0 Å². The molecule has 0 saturated carbocycles. The monoisotopic (exact) mass is 170 g/mol. The standard InChI is InChI=1S/C7H8NO2S/c1-11-7-4-2-6(3-5-7)8(9)10/h2-5,9H,1H3/q-1. The Bertz CT molecular complexity index is 222. The normalized spacial score (nSPS) is 9.73. The molecule has 60 valence electrons. The van der Waals surface area contributed by atoms with Crippen LogP contribution in [0.25, 0.3) is 0 Å². The average Bonchev–Trinajstić information content (AvgIpc) is 2.05. The number of hydrogen-bond acceptors (Lipinski definition) is 4. The second-order valence-electron chi connectivity index (χ2n) is 1.97. The predicted octanol–water partition coefficient (Wildman–Crippen LogP) is 2.10. The number of thioether (sulfide) groups is 1. The van der Waals surface area contributed by atoms with Crippen molar-refractivity contribution in [2.75, 3.05) is 11.5 Å². The zero-order valence-electron chi connectivity index (χ0n) is 6.02. The smallest absolute Gasteiger partial charge is 0.0509 e. The molecule has 0 saturated heterocycles. The molecule has 0 amide bonds. The molecule has 1 aromatic carbocycles. The van der Waals surface area contributed by atoms with Gasteiger partial charge in [0.05, 0.1) is 5.69 Å². The predicted molar refractivity (Wildman–Crippen MR) is 45.9 cm³/mol. The quantitative estimate of drug-likeness (QED) is 0.545. The van der Waals surface area contributed by atoms with Gasteiger partial charge in [-0.3, -0.25) is 5.21 Å². The SMILES string of the molecule is CSc1ccc(N([O-])O)cc1. The van der Waals surface area contributed by atoms with E-state index in [0.717, 1.165) is 4.90 Å². The lowest BCUT2D eigenvalue weighted by Crippen LogP contribution is -2.06. The van der Waals surface area contributed by atoms with E-state index in [2.05, 4.69) is 0 Å². The minimum absolute atomic E-state index is 0.149. The van der Waals surface area contributed by atoms with Gasteiger partial charge in [0.1, 0.15) is 0 Å². The second-order valence-corrected chi connectivity index (χ2v) is 2.85. The van der Waals surface area contributed by atoms with Crippen LogP contribution in [0.3, 0.4) is 0 Å². The van der Waals surface area contributed by atoms with Crippen LogP contribution >= 0.6 is 11.8 Å². The summed E-state index contributed by atoms with van der Waals surface area (Å²) in [6.07, 6.45) is 1.95. The summed E-state index contributed by atoms with van der Waals surface area (Å²) in [6.45, 7) is 0. The highest BCUT2D eigenvalue weighted by molar-refractivity contribution is 7.98. The summed E-state index contributed by atoms with van der Waals surface area (Å²) in [4.78, 5) is 1.07. The summed E-state index contributed by atoms with van der Waals surface area (Å²) >= 11 is 1.59. The molecular formula is C7H8NO2S-. The van der Waals surface area contributed by atoms with Gasteiger partial charge in [-0.2, -0.15) is 0 Å². The number of benzene rings is 1. The zero-order valence-corrected chi connectivity index (χ0v) is 6.84.